The summed E-state index contributed by atoms with van der Waals surface area (Å²) < 4.78 is 6.11. The zero-order valence-electron chi connectivity index (χ0n) is 10.8. The fourth-order valence-corrected chi connectivity index (χ4v) is 2.64. The molecule has 1 fully saturated rings. The predicted molar refractivity (Wildman–Crippen MR) is 78.9 cm³/mol. The minimum absolute atomic E-state index is 0.113. The third-order valence-electron chi connectivity index (χ3n) is 3.18. The van der Waals surface area contributed by atoms with Crippen LogP contribution in [0.4, 0.5) is 5.69 Å². The van der Waals surface area contributed by atoms with Gasteiger partial charge in [0, 0.05) is 29.7 Å². The molecule has 1 aliphatic carbocycles. The molecule has 19 heavy (non-hydrogen) atoms. The van der Waals surface area contributed by atoms with Gasteiger partial charge >= 0.3 is 0 Å². The van der Waals surface area contributed by atoms with Crippen molar-refractivity contribution in [3.63, 3.8) is 0 Å². The van der Waals surface area contributed by atoms with Crippen LogP contribution >= 0.6 is 15.9 Å². The van der Waals surface area contributed by atoms with E-state index in [4.69, 9.17) is 15.7 Å². The quantitative estimate of drug-likeness (QED) is 0.363. The minimum atomic E-state index is 0.113. The number of nitrogens with zero attached hydrogens (tertiary/aromatic N) is 2. The molecule has 3 N–H and O–H groups in total. The van der Waals surface area contributed by atoms with Gasteiger partial charge in [-0.3, -0.25) is 0 Å². The van der Waals surface area contributed by atoms with Gasteiger partial charge in [0.25, 0.3) is 0 Å². The van der Waals surface area contributed by atoms with Crippen molar-refractivity contribution in [2.75, 3.05) is 25.2 Å². The first-order valence-corrected chi connectivity index (χ1v) is 6.99. The fraction of sp³-hybridized carbons (Fsp3) is 0.462. The van der Waals surface area contributed by atoms with E-state index in [2.05, 4.69) is 26.0 Å². The highest BCUT2D eigenvalue weighted by Gasteiger charge is 2.30. The van der Waals surface area contributed by atoms with Crippen LogP contribution in [0.2, 0.25) is 0 Å². The molecule has 5 nitrogen and oxygen atoms in total. The van der Waals surface area contributed by atoms with Crippen LogP contribution in [0, 0.1) is 0 Å². The number of ether oxygens (including phenoxy) is 1. The van der Waals surface area contributed by atoms with Gasteiger partial charge in [-0.25, -0.2) is 0 Å². The standard InChI is InChI=1S/C13H18BrN3O2/c1-19-7-6-17(10-3-4-10)12-5-2-9(8-11(12)14)13(15)16-18/h2,5,8,10,18H,3-4,6-7H2,1H3,(H2,15,16). The summed E-state index contributed by atoms with van der Waals surface area (Å²) in [6.45, 7) is 1.56. The van der Waals surface area contributed by atoms with Crippen molar-refractivity contribution in [2.24, 2.45) is 10.9 Å². The Morgan fingerprint density at radius 3 is 2.84 bits per heavy atom. The van der Waals surface area contributed by atoms with Crippen molar-refractivity contribution in [3.05, 3.63) is 28.2 Å². The largest absolute Gasteiger partial charge is 0.409 e. The van der Waals surface area contributed by atoms with Gasteiger partial charge in [-0.05, 0) is 47.0 Å². The van der Waals surface area contributed by atoms with Gasteiger partial charge < -0.3 is 20.6 Å². The Kier molecular flexibility index (Phi) is 4.66. The molecule has 0 radical (unpaired) electrons. The molecule has 0 spiro atoms. The summed E-state index contributed by atoms with van der Waals surface area (Å²) in [6.07, 6.45) is 2.44. The molecular formula is C13H18BrN3O2. The second-order valence-corrected chi connectivity index (χ2v) is 5.42. The predicted octanol–water partition coefficient (Wildman–Crippen LogP) is 2.16. The lowest BCUT2D eigenvalue weighted by Gasteiger charge is -2.25. The first-order chi connectivity index (χ1) is 9.17. The van der Waals surface area contributed by atoms with E-state index in [1.165, 1.54) is 12.8 Å². The molecule has 1 saturated carbocycles. The molecule has 0 heterocycles. The number of rotatable bonds is 6. The summed E-state index contributed by atoms with van der Waals surface area (Å²) >= 11 is 3.56. The van der Waals surface area contributed by atoms with Crippen LogP contribution in [0.15, 0.2) is 27.8 Å². The molecule has 1 aromatic carbocycles. The first-order valence-electron chi connectivity index (χ1n) is 6.20. The van der Waals surface area contributed by atoms with Gasteiger partial charge in [-0.2, -0.15) is 0 Å². The maximum absolute atomic E-state index is 8.69. The lowest BCUT2D eigenvalue weighted by molar-refractivity contribution is 0.205. The van der Waals surface area contributed by atoms with E-state index < -0.39 is 0 Å². The molecule has 1 aromatic rings. The maximum atomic E-state index is 8.69. The lowest BCUT2D eigenvalue weighted by atomic mass is 10.1. The highest BCUT2D eigenvalue weighted by atomic mass is 79.9. The average Bonchev–Trinajstić information content (AvgIpc) is 3.24. The molecule has 0 bridgehead atoms. The van der Waals surface area contributed by atoms with Gasteiger partial charge in [0.15, 0.2) is 5.84 Å². The van der Waals surface area contributed by atoms with Crippen molar-refractivity contribution in [2.45, 2.75) is 18.9 Å². The Labute approximate surface area is 121 Å². The maximum Gasteiger partial charge on any atom is 0.170 e. The minimum Gasteiger partial charge on any atom is -0.409 e. The van der Waals surface area contributed by atoms with Crippen LogP contribution in [-0.4, -0.2) is 37.3 Å². The van der Waals surface area contributed by atoms with E-state index in [-0.39, 0.29) is 5.84 Å². The molecule has 0 saturated heterocycles. The molecule has 2 rings (SSSR count). The van der Waals surface area contributed by atoms with Crippen LogP contribution in [0.1, 0.15) is 18.4 Å². The normalized spacial score (nSPS) is 15.6. The smallest absolute Gasteiger partial charge is 0.170 e. The van der Waals surface area contributed by atoms with E-state index in [1.807, 2.05) is 18.2 Å². The molecular weight excluding hydrogens is 310 g/mol. The third-order valence-corrected chi connectivity index (χ3v) is 3.82. The number of methoxy groups -OCH3 is 1. The number of nitrogens with two attached hydrogens (primary N) is 1. The second-order valence-electron chi connectivity index (χ2n) is 4.57. The van der Waals surface area contributed by atoms with Gasteiger partial charge in [0.1, 0.15) is 0 Å². The molecule has 1 aliphatic rings. The molecule has 0 aliphatic heterocycles. The van der Waals surface area contributed by atoms with Crippen LogP contribution in [0.3, 0.4) is 0 Å². The summed E-state index contributed by atoms with van der Waals surface area (Å²) in [5.74, 6) is 0.113. The Bertz CT molecular complexity index is 475. The fourth-order valence-electron chi connectivity index (χ4n) is 2.03. The SMILES string of the molecule is COCCN(c1ccc(/C(N)=N/O)cc1Br)C1CC1. The zero-order valence-corrected chi connectivity index (χ0v) is 12.4. The number of benzene rings is 1. The Morgan fingerprint density at radius 1 is 1.58 bits per heavy atom. The molecule has 0 atom stereocenters. The van der Waals surface area contributed by atoms with Crippen LogP contribution in [0.5, 0.6) is 0 Å². The van der Waals surface area contributed by atoms with E-state index >= 15 is 0 Å². The number of amidine groups is 1. The molecule has 0 aromatic heterocycles. The summed E-state index contributed by atoms with van der Waals surface area (Å²) in [4.78, 5) is 2.34. The number of hydrogen-bond donors (Lipinski definition) is 2. The second kappa shape index (κ2) is 6.25. The summed E-state index contributed by atoms with van der Waals surface area (Å²) in [5.41, 5.74) is 7.40. The Hall–Kier alpha value is -1.27. The van der Waals surface area contributed by atoms with Gasteiger partial charge in [0.2, 0.25) is 0 Å². The van der Waals surface area contributed by atoms with Crippen LogP contribution in [-0.2, 0) is 4.74 Å². The molecule has 0 amide bonds. The number of hydrogen-bond acceptors (Lipinski definition) is 4. The summed E-state index contributed by atoms with van der Waals surface area (Å²) in [7, 11) is 1.71. The van der Waals surface area contributed by atoms with Crippen molar-refractivity contribution in [1.82, 2.24) is 0 Å². The van der Waals surface area contributed by atoms with E-state index in [0.717, 1.165) is 16.7 Å². The average molecular weight is 328 g/mol. The molecule has 104 valence electrons. The van der Waals surface area contributed by atoms with E-state index in [0.29, 0.717) is 18.2 Å². The van der Waals surface area contributed by atoms with E-state index in [9.17, 15) is 0 Å². The van der Waals surface area contributed by atoms with Gasteiger partial charge in [-0.15, -0.1) is 0 Å². The van der Waals surface area contributed by atoms with Crippen LogP contribution in [0.25, 0.3) is 0 Å². The highest BCUT2D eigenvalue weighted by Crippen LogP contribution is 2.36. The van der Waals surface area contributed by atoms with Crippen LogP contribution < -0.4 is 10.6 Å². The Balaban J connectivity index is 2.22. The van der Waals surface area contributed by atoms with Gasteiger partial charge in [0.05, 0.1) is 12.3 Å². The zero-order chi connectivity index (χ0) is 13.8. The van der Waals surface area contributed by atoms with Crippen molar-refractivity contribution in [1.29, 1.82) is 0 Å². The summed E-state index contributed by atoms with van der Waals surface area (Å²) in [5, 5.41) is 11.7. The number of oxime groups is 1. The van der Waals surface area contributed by atoms with Crippen molar-refractivity contribution < 1.29 is 9.94 Å². The number of anilines is 1. The van der Waals surface area contributed by atoms with Crippen molar-refractivity contribution in [3.8, 4) is 0 Å². The monoisotopic (exact) mass is 327 g/mol. The topological polar surface area (TPSA) is 71.1 Å². The van der Waals surface area contributed by atoms with E-state index in [1.54, 1.807) is 7.11 Å². The summed E-state index contributed by atoms with van der Waals surface area (Å²) in [6, 6.07) is 6.32. The number of halogens is 1. The molecule has 6 heteroatoms. The van der Waals surface area contributed by atoms with Crippen molar-refractivity contribution >= 4 is 27.5 Å². The third kappa shape index (κ3) is 3.39. The Morgan fingerprint density at radius 2 is 2.32 bits per heavy atom. The lowest BCUT2D eigenvalue weighted by Crippen LogP contribution is -2.29. The highest BCUT2D eigenvalue weighted by molar-refractivity contribution is 9.10. The van der Waals surface area contributed by atoms with Gasteiger partial charge in [-0.1, -0.05) is 5.16 Å². The molecule has 0 unspecified atom stereocenters. The first kappa shape index (κ1) is 14.1.